The van der Waals surface area contributed by atoms with Crippen molar-refractivity contribution in [1.29, 1.82) is 0 Å². The van der Waals surface area contributed by atoms with Crippen LogP contribution in [-0.4, -0.2) is 17.6 Å². The number of hydrogen-bond donors (Lipinski definition) is 2. The minimum Gasteiger partial charge on any atom is -0.483 e. The van der Waals surface area contributed by atoms with Gasteiger partial charge in [-0.2, -0.15) is 0 Å². The van der Waals surface area contributed by atoms with Gasteiger partial charge in [-0.25, -0.2) is 0 Å². The summed E-state index contributed by atoms with van der Waals surface area (Å²) in [7, 11) is 0. The van der Waals surface area contributed by atoms with Crippen LogP contribution in [0, 0.1) is 6.92 Å². The van der Waals surface area contributed by atoms with Crippen LogP contribution in [0.4, 0.5) is 5.69 Å². The van der Waals surface area contributed by atoms with E-state index in [0.29, 0.717) is 17.0 Å². The van der Waals surface area contributed by atoms with Gasteiger partial charge in [0.2, 0.25) is 0 Å². The van der Waals surface area contributed by atoms with Crippen molar-refractivity contribution in [2.24, 2.45) is 0 Å². The lowest BCUT2D eigenvalue weighted by atomic mass is 10.1. The lowest BCUT2D eigenvalue weighted by molar-refractivity contribution is -0.118. The van der Waals surface area contributed by atoms with E-state index in [9.17, 15) is 9.90 Å². The normalized spacial score (nSPS) is 10.2. The molecule has 0 saturated heterocycles. The van der Waals surface area contributed by atoms with Crippen molar-refractivity contribution in [2.45, 2.75) is 13.5 Å². The van der Waals surface area contributed by atoms with Gasteiger partial charge < -0.3 is 15.2 Å². The molecule has 2 aromatic rings. The molecule has 110 valence electrons. The molecule has 2 aromatic carbocycles. The summed E-state index contributed by atoms with van der Waals surface area (Å²) in [6.07, 6.45) is 0. The number of ether oxygens (including phenoxy) is 1. The Hall–Kier alpha value is -1.85. The summed E-state index contributed by atoms with van der Waals surface area (Å²) in [5, 5.41) is 12.0. The topological polar surface area (TPSA) is 58.6 Å². The maximum atomic E-state index is 11.9. The van der Waals surface area contributed by atoms with Gasteiger partial charge >= 0.3 is 0 Å². The molecule has 2 N–H and O–H groups in total. The fourth-order valence-corrected chi connectivity index (χ4v) is 2.25. The second-order valence-corrected chi connectivity index (χ2v) is 5.44. The van der Waals surface area contributed by atoms with E-state index in [1.807, 2.05) is 37.3 Å². The van der Waals surface area contributed by atoms with Crippen LogP contribution in [0.3, 0.4) is 0 Å². The molecule has 0 heterocycles. The van der Waals surface area contributed by atoms with E-state index in [-0.39, 0.29) is 19.1 Å². The number of nitrogens with one attached hydrogen (secondary N) is 1. The highest BCUT2D eigenvalue weighted by Crippen LogP contribution is 2.22. The third kappa shape index (κ3) is 4.31. The maximum Gasteiger partial charge on any atom is 0.262 e. The van der Waals surface area contributed by atoms with Gasteiger partial charge in [0.05, 0.1) is 12.3 Å². The lowest BCUT2D eigenvalue weighted by Crippen LogP contribution is -2.20. The molecule has 0 spiro atoms. The SMILES string of the molecule is Cc1ccc(OCC(=O)Nc2ccccc2Br)c(CO)c1. The predicted octanol–water partition coefficient (Wildman–Crippen LogP) is 3.27. The molecule has 0 radical (unpaired) electrons. The molecular formula is C16H16BrNO3. The van der Waals surface area contributed by atoms with E-state index >= 15 is 0 Å². The van der Waals surface area contributed by atoms with Crippen LogP contribution < -0.4 is 10.1 Å². The highest BCUT2D eigenvalue weighted by atomic mass is 79.9. The molecule has 4 nitrogen and oxygen atoms in total. The number of carbonyl (C=O) groups excluding carboxylic acids is 1. The van der Waals surface area contributed by atoms with E-state index in [2.05, 4.69) is 21.2 Å². The van der Waals surface area contributed by atoms with Crippen LogP contribution in [0.15, 0.2) is 46.9 Å². The Kier molecular flexibility index (Phi) is 5.36. The molecule has 0 fully saturated rings. The third-order valence-corrected chi connectivity index (χ3v) is 3.58. The number of aryl methyl sites for hydroxylation is 1. The molecular weight excluding hydrogens is 334 g/mol. The van der Waals surface area contributed by atoms with Crippen molar-refractivity contribution in [2.75, 3.05) is 11.9 Å². The van der Waals surface area contributed by atoms with E-state index in [1.54, 1.807) is 12.1 Å². The third-order valence-electron chi connectivity index (χ3n) is 2.89. The molecule has 0 bridgehead atoms. The zero-order valence-corrected chi connectivity index (χ0v) is 13.2. The Morgan fingerprint density at radius 3 is 2.76 bits per heavy atom. The standard InChI is InChI=1S/C16H16BrNO3/c1-11-6-7-15(12(8-11)9-19)21-10-16(20)18-14-5-3-2-4-13(14)17/h2-8,19H,9-10H2,1H3,(H,18,20). The summed E-state index contributed by atoms with van der Waals surface area (Å²) in [6.45, 7) is 1.70. The zero-order valence-electron chi connectivity index (χ0n) is 11.6. The summed E-state index contributed by atoms with van der Waals surface area (Å²) in [4.78, 5) is 11.9. The van der Waals surface area contributed by atoms with Crippen molar-refractivity contribution in [3.05, 3.63) is 58.1 Å². The van der Waals surface area contributed by atoms with E-state index < -0.39 is 0 Å². The smallest absolute Gasteiger partial charge is 0.262 e. The Balaban J connectivity index is 1.97. The molecule has 0 saturated carbocycles. The van der Waals surface area contributed by atoms with Gasteiger partial charge in [-0.15, -0.1) is 0 Å². The van der Waals surface area contributed by atoms with Gasteiger partial charge in [0.1, 0.15) is 5.75 Å². The first kappa shape index (κ1) is 15.5. The summed E-state index contributed by atoms with van der Waals surface area (Å²) < 4.78 is 6.28. The fraction of sp³-hybridized carbons (Fsp3) is 0.188. The number of aliphatic hydroxyl groups is 1. The predicted molar refractivity (Wildman–Crippen MR) is 85.4 cm³/mol. The van der Waals surface area contributed by atoms with E-state index in [4.69, 9.17) is 4.74 Å². The van der Waals surface area contributed by atoms with Crippen LogP contribution in [0.5, 0.6) is 5.75 Å². The highest BCUT2D eigenvalue weighted by molar-refractivity contribution is 9.10. The second kappa shape index (κ2) is 7.24. The van der Waals surface area contributed by atoms with Crippen molar-refractivity contribution in [3.8, 4) is 5.75 Å². The largest absolute Gasteiger partial charge is 0.483 e. The van der Waals surface area contributed by atoms with Crippen LogP contribution >= 0.6 is 15.9 Å². The molecule has 0 unspecified atom stereocenters. The lowest BCUT2D eigenvalue weighted by Gasteiger charge is -2.11. The fourth-order valence-electron chi connectivity index (χ4n) is 1.86. The minimum absolute atomic E-state index is 0.114. The van der Waals surface area contributed by atoms with E-state index in [1.165, 1.54) is 0 Å². The maximum absolute atomic E-state index is 11.9. The number of para-hydroxylation sites is 1. The number of benzene rings is 2. The first-order chi connectivity index (χ1) is 10.1. The number of anilines is 1. The van der Waals surface area contributed by atoms with Gasteiger partial charge in [-0.05, 0) is 41.1 Å². The number of aliphatic hydroxyl groups excluding tert-OH is 1. The van der Waals surface area contributed by atoms with Crippen molar-refractivity contribution in [3.63, 3.8) is 0 Å². The van der Waals surface area contributed by atoms with Gasteiger partial charge in [-0.1, -0.05) is 29.8 Å². The van der Waals surface area contributed by atoms with Gasteiger partial charge in [0.15, 0.2) is 6.61 Å². The van der Waals surface area contributed by atoms with Crippen LogP contribution in [0.25, 0.3) is 0 Å². The Labute approximate surface area is 131 Å². The number of halogens is 1. The monoisotopic (exact) mass is 349 g/mol. The average molecular weight is 350 g/mol. The van der Waals surface area contributed by atoms with Crippen molar-refractivity contribution >= 4 is 27.5 Å². The van der Waals surface area contributed by atoms with Gasteiger partial charge in [0, 0.05) is 10.0 Å². The molecule has 0 aliphatic heterocycles. The zero-order chi connectivity index (χ0) is 15.2. The number of hydrogen-bond acceptors (Lipinski definition) is 3. The van der Waals surface area contributed by atoms with Crippen molar-refractivity contribution in [1.82, 2.24) is 0 Å². The van der Waals surface area contributed by atoms with Crippen molar-refractivity contribution < 1.29 is 14.6 Å². The first-order valence-corrected chi connectivity index (χ1v) is 7.27. The molecule has 0 aromatic heterocycles. The molecule has 0 aliphatic rings. The summed E-state index contributed by atoms with van der Waals surface area (Å²) in [6, 6.07) is 12.8. The molecule has 5 heteroatoms. The van der Waals surface area contributed by atoms with Gasteiger partial charge in [0.25, 0.3) is 5.91 Å². The molecule has 2 rings (SSSR count). The molecule has 0 aliphatic carbocycles. The number of carbonyl (C=O) groups is 1. The van der Waals surface area contributed by atoms with E-state index in [0.717, 1.165) is 10.0 Å². The minimum atomic E-state index is -0.258. The number of rotatable bonds is 5. The number of amides is 1. The molecule has 21 heavy (non-hydrogen) atoms. The highest BCUT2D eigenvalue weighted by Gasteiger charge is 2.08. The molecule has 0 atom stereocenters. The second-order valence-electron chi connectivity index (χ2n) is 4.59. The Morgan fingerprint density at radius 1 is 1.29 bits per heavy atom. The van der Waals surface area contributed by atoms with Gasteiger partial charge in [-0.3, -0.25) is 4.79 Å². The molecule has 1 amide bonds. The summed E-state index contributed by atoms with van der Waals surface area (Å²) >= 11 is 3.36. The van der Waals surface area contributed by atoms with Crippen LogP contribution in [0.1, 0.15) is 11.1 Å². The quantitative estimate of drug-likeness (QED) is 0.870. The summed E-state index contributed by atoms with van der Waals surface area (Å²) in [5.74, 6) is 0.261. The Bertz CT molecular complexity index is 643. The van der Waals surface area contributed by atoms with Crippen LogP contribution in [0.2, 0.25) is 0 Å². The summed E-state index contributed by atoms with van der Waals surface area (Å²) in [5.41, 5.74) is 2.39. The Morgan fingerprint density at radius 2 is 2.05 bits per heavy atom. The van der Waals surface area contributed by atoms with Crippen LogP contribution in [-0.2, 0) is 11.4 Å². The average Bonchev–Trinajstić information content (AvgIpc) is 2.48. The first-order valence-electron chi connectivity index (χ1n) is 6.47.